The molecule has 0 radical (unpaired) electrons. The highest BCUT2D eigenvalue weighted by atomic mass is 32.1. The lowest BCUT2D eigenvalue weighted by molar-refractivity contribution is -0.116. The Labute approximate surface area is 140 Å². The number of rotatable bonds is 5. The summed E-state index contributed by atoms with van der Waals surface area (Å²) in [5.41, 5.74) is 0.568. The van der Waals surface area contributed by atoms with E-state index in [1.807, 2.05) is 12.3 Å². The number of hydrogen-bond acceptors (Lipinski definition) is 5. The van der Waals surface area contributed by atoms with Crippen LogP contribution in [-0.2, 0) is 11.2 Å². The molecule has 0 atom stereocenters. The van der Waals surface area contributed by atoms with Crippen molar-refractivity contribution >= 4 is 22.4 Å². The summed E-state index contributed by atoms with van der Waals surface area (Å²) in [6.07, 6.45) is 1.59. The van der Waals surface area contributed by atoms with Crippen molar-refractivity contribution in [1.82, 2.24) is 9.97 Å². The van der Waals surface area contributed by atoms with Gasteiger partial charge in [-0.1, -0.05) is 6.07 Å². The van der Waals surface area contributed by atoms with Crippen LogP contribution in [0.5, 0.6) is 0 Å². The molecule has 0 aliphatic carbocycles. The van der Waals surface area contributed by atoms with Gasteiger partial charge in [-0.05, 0) is 19.1 Å². The van der Waals surface area contributed by atoms with Crippen molar-refractivity contribution in [2.24, 2.45) is 0 Å². The van der Waals surface area contributed by atoms with Gasteiger partial charge in [-0.3, -0.25) is 4.79 Å². The Morgan fingerprint density at radius 1 is 1.33 bits per heavy atom. The summed E-state index contributed by atoms with van der Waals surface area (Å²) in [7, 11) is 0. The first kappa shape index (κ1) is 16.3. The molecule has 1 aromatic carbocycles. The van der Waals surface area contributed by atoms with E-state index in [-0.39, 0.29) is 36.0 Å². The Kier molecular flexibility index (Phi) is 4.66. The number of thiazole rings is 1. The number of aryl methyl sites for hydroxylation is 2. The van der Waals surface area contributed by atoms with E-state index in [9.17, 15) is 13.6 Å². The van der Waals surface area contributed by atoms with Crippen LogP contribution in [0.1, 0.15) is 18.0 Å². The lowest BCUT2D eigenvalue weighted by atomic mass is 10.1. The molecule has 1 amide bonds. The highest BCUT2D eigenvalue weighted by Crippen LogP contribution is 2.26. The second-order valence-electron chi connectivity index (χ2n) is 5.06. The summed E-state index contributed by atoms with van der Waals surface area (Å²) in [6, 6.07) is 3.56. The van der Waals surface area contributed by atoms with Crippen LogP contribution < -0.4 is 5.32 Å². The van der Waals surface area contributed by atoms with Gasteiger partial charge in [-0.15, -0.1) is 11.3 Å². The van der Waals surface area contributed by atoms with Crippen LogP contribution in [0.2, 0.25) is 0 Å². The Hall–Kier alpha value is -2.61. The fourth-order valence-electron chi connectivity index (χ4n) is 2.09. The molecule has 2 heterocycles. The van der Waals surface area contributed by atoms with Crippen LogP contribution in [0.15, 0.2) is 34.2 Å². The third-order valence-electron chi connectivity index (χ3n) is 3.19. The van der Waals surface area contributed by atoms with E-state index in [1.165, 1.54) is 23.6 Å². The van der Waals surface area contributed by atoms with Crippen molar-refractivity contribution in [3.8, 4) is 11.3 Å². The quantitative estimate of drug-likeness (QED) is 0.757. The van der Waals surface area contributed by atoms with Gasteiger partial charge in [0.15, 0.2) is 16.8 Å². The van der Waals surface area contributed by atoms with E-state index >= 15 is 0 Å². The number of carbonyl (C=O) groups is 1. The number of anilines is 1. The lowest BCUT2D eigenvalue weighted by Crippen LogP contribution is -2.12. The maximum absolute atomic E-state index is 13.7. The molecule has 0 saturated carbocycles. The molecule has 3 aromatic rings. The molecule has 24 heavy (non-hydrogen) atoms. The van der Waals surface area contributed by atoms with Crippen molar-refractivity contribution in [2.45, 2.75) is 19.8 Å². The van der Waals surface area contributed by atoms with Crippen LogP contribution in [0, 0.1) is 18.6 Å². The van der Waals surface area contributed by atoms with Gasteiger partial charge in [0.25, 0.3) is 0 Å². The van der Waals surface area contributed by atoms with E-state index in [2.05, 4.69) is 15.3 Å². The average molecular weight is 349 g/mol. The second kappa shape index (κ2) is 6.88. The number of benzene rings is 1. The minimum absolute atomic E-state index is 0.00319. The third-order valence-corrected chi connectivity index (χ3v) is 4.07. The van der Waals surface area contributed by atoms with Gasteiger partial charge in [0, 0.05) is 18.2 Å². The molecule has 1 N–H and O–H groups in total. The van der Waals surface area contributed by atoms with Crippen LogP contribution in [0.3, 0.4) is 0 Å². The molecular weight excluding hydrogens is 336 g/mol. The predicted octanol–water partition coefficient (Wildman–Crippen LogP) is 3.96. The van der Waals surface area contributed by atoms with Gasteiger partial charge in [0.2, 0.25) is 5.91 Å². The second-order valence-corrected chi connectivity index (χ2v) is 5.92. The summed E-state index contributed by atoms with van der Waals surface area (Å²) >= 11 is 1.34. The van der Waals surface area contributed by atoms with E-state index in [4.69, 9.17) is 4.42 Å². The van der Waals surface area contributed by atoms with E-state index in [0.29, 0.717) is 5.13 Å². The fourth-order valence-corrected chi connectivity index (χ4v) is 2.79. The molecule has 124 valence electrons. The number of nitrogens with one attached hydrogen (secondary N) is 1. The van der Waals surface area contributed by atoms with Crippen LogP contribution in [0.25, 0.3) is 11.3 Å². The van der Waals surface area contributed by atoms with Crippen molar-refractivity contribution < 1.29 is 18.0 Å². The minimum atomic E-state index is -0.727. The summed E-state index contributed by atoms with van der Waals surface area (Å²) in [4.78, 5) is 19.9. The zero-order valence-corrected chi connectivity index (χ0v) is 13.5. The number of aromatic nitrogens is 2. The highest BCUT2D eigenvalue weighted by molar-refractivity contribution is 7.13. The van der Waals surface area contributed by atoms with Gasteiger partial charge >= 0.3 is 0 Å². The van der Waals surface area contributed by atoms with Gasteiger partial charge in [-0.25, -0.2) is 18.7 Å². The molecule has 2 aromatic heterocycles. The maximum Gasteiger partial charge on any atom is 0.226 e. The van der Waals surface area contributed by atoms with Crippen molar-refractivity contribution in [3.05, 3.63) is 53.0 Å². The highest BCUT2D eigenvalue weighted by Gasteiger charge is 2.16. The van der Waals surface area contributed by atoms with Gasteiger partial charge in [0.05, 0.1) is 17.5 Å². The zero-order valence-electron chi connectivity index (χ0n) is 12.7. The first-order valence-electron chi connectivity index (χ1n) is 7.14. The number of nitrogens with zero attached hydrogens (tertiary/aromatic N) is 2. The lowest BCUT2D eigenvalue weighted by Gasteiger charge is -2.01. The van der Waals surface area contributed by atoms with E-state index in [0.717, 1.165) is 17.8 Å². The third kappa shape index (κ3) is 3.65. The molecule has 3 rings (SSSR count). The van der Waals surface area contributed by atoms with Gasteiger partial charge < -0.3 is 9.73 Å². The molecule has 0 fully saturated rings. The molecule has 8 heteroatoms. The predicted molar refractivity (Wildman–Crippen MR) is 85.7 cm³/mol. The van der Waals surface area contributed by atoms with Crippen molar-refractivity contribution in [1.29, 1.82) is 0 Å². The molecule has 0 unspecified atom stereocenters. The molecule has 0 aliphatic rings. The van der Waals surface area contributed by atoms with E-state index < -0.39 is 11.6 Å². The fraction of sp³-hybridized carbons (Fsp3) is 0.188. The van der Waals surface area contributed by atoms with Gasteiger partial charge in [-0.2, -0.15) is 0 Å². The Morgan fingerprint density at radius 3 is 2.75 bits per heavy atom. The summed E-state index contributed by atoms with van der Waals surface area (Å²) in [5.74, 6) is -1.46. The first-order chi connectivity index (χ1) is 11.5. The van der Waals surface area contributed by atoms with E-state index in [1.54, 1.807) is 0 Å². The largest absolute Gasteiger partial charge is 0.441 e. The SMILES string of the molecule is Cc1csc(NC(=O)CCc2ncc(-c3c(F)cccc3F)o2)n1. The molecule has 0 spiro atoms. The molecule has 0 saturated heterocycles. The zero-order chi connectivity index (χ0) is 17.1. The minimum Gasteiger partial charge on any atom is -0.441 e. The maximum atomic E-state index is 13.7. The smallest absolute Gasteiger partial charge is 0.226 e. The summed E-state index contributed by atoms with van der Waals surface area (Å²) < 4.78 is 32.8. The monoisotopic (exact) mass is 349 g/mol. The Bertz CT molecular complexity index is 856. The van der Waals surface area contributed by atoms with Crippen LogP contribution in [0.4, 0.5) is 13.9 Å². The van der Waals surface area contributed by atoms with Crippen molar-refractivity contribution in [2.75, 3.05) is 5.32 Å². The number of carbonyl (C=O) groups excluding carboxylic acids is 1. The summed E-state index contributed by atoms with van der Waals surface area (Å²) in [6.45, 7) is 1.84. The van der Waals surface area contributed by atoms with Crippen molar-refractivity contribution in [3.63, 3.8) is 0 Å². The molecular formula is C16H13F2N3O2S. The molecule has 0 aliphatic heterocycles. The first-order valence-corrected chi connectivity index (χ1v) is 8.02. The standard InChI is InChI=1S/C16H13F2N3O2S/c1-9-8-24-16(20-9)21-13(22)5-6-14-19-7-12(23-14)15-10(17)3-2-4-11(15)18/h2-4,7-8H,5-6H2,1H3,(H,20,21,22). The molecule has 0 bridgehead atoms. The van der Waals surface area contributed by atoms with Gasteiger partial charge in [0.1, 0.15) is 11.6 Å². The topological polar surface area (TPSA) is 68.0 Å². The number of halogens is 2. The Morgan fingerprint density at radius 2 is 2.08 bits per heavy atom. The number of hydrogen-bond donors (Lipinski definition) is 1. The average Bonchev–Trinajstić information content (AvgIpc) is 3.14. The molecule has 5 nitrogen and oxygen atoms in total. The summed E-state index contributed by atoms with van der Waals surface area (Å²) in [5, 5.41) is 5.03. The number of amides is 1. The number of oxazole rings is 1. The normalized spacial score (nSPS) is 10.8. The Balaban J connectivity index is 1.63. The van der Waals surface area contributed by atoms with Crippen LogP contribution >= 0.6 is 11.3 Å². The van der Waals surface area contributed by atoms with Crippen LogP contribution in [-0.4, -0.2) is 15.9 Å².